The Morgan fingerprint density at radius 1 is 1.14 bits per heavy atom. The van der Waals surface area contributed by atoms with E-state index in [9.17, 15) is 22.8 Å². The molecule has 0 aliphatic rings. The molecule has 0 aliphatic heterocycles. The number of allylic oxidation sites excluding steroid dienone is 1. The lowest BCUT2D eigenvalue weighted by Crippen LogP contribution is -2.26. The molecule has 0 saturated heterocycles. The first-order chi connectivity index (χ1) is 13.0. The largest absolute Gasteiger partial charge is 0.465 e. The predicted molar refractivity (Wildman–Crippen MR) is 98.0 cm³/mol. The third kappa shape index (κ3) is 6.44. The number of alkyl halides is 3. The molecule has 28 heavy (non-hydrogen) atoms. The highest BCUT2D eigenvalue weighted by molar-refractivity contribution is 5.94. The second kappa shape index (κ2) is 8.50. The summed E-state index contributed by atoms with van der Waals surface area (Å²) >= 11 is 0. The Morgan fingerprint density at radius 2 is 1.82 bits per heavy atom. The molecule has 0 atom stereocenters. The molecule has 0 bridgehead atoms. The van der Waals surface area contributed by atoms with Crippen molar-refractivity contribution in [2.75, 3.05) is 6.61 Å². The molecular weight excluding hydrogens is 375 g/mol. The lowest BCUT2D eigenvalue weighted by molar-refractivity contribution is -0.142. The van der Waals surface area contributed by atoms with Crippen LogP contribution < -0.4 is 0 Å². The second-order valence-electron chi connectivity index (χ2n) is 7.15. The minimum atomic E-state index is -4.38. The predicted octanol–water partition coefficient (Wildman–Crippen LogP) is 5.02. The Kier molecular flexibility index (Phi) is 6.53. The molecule has 152 valence electrons. The third-order valence-electron chi connectivity index (χ3n) is 3.57. The van der Waals surface area contributed by atoms with E-state index in [-0.39, 0.29) is 25.5 Å². The van der Waals surface area contributed by atoms with Gasteiger partial charge in [0.15, 0.2) is 0 Å². The number of carbonyl (C=O) groups is 2. The van der Waals surface area contributed by atoms with Crippen molar-refractivity contribution in [1.29, 1.82) is 0 Å². The summed E-state index contributed by atoms with van der Waals surface area (Å²) in [6.45, 7) is 5.10. The Balaban J connectivity index is 2.07. The van der Waals surface area contributed by atoms with Crippen molar-refractivity contribution in [2.24, 2.45) is 0 Å². The summed E-state index contributed by atoms with van der Waals surface area (Å²) < 4.78 is 47.7. The van der Waals surface area contributed by atoms with Gasteiger partial charge in [0, 0.05) is 17.7 Å². The van der Waals surface area contributed by atoms with Gasteiger partial charge in [-0.15, -0.1) is 0 Å². The van der Waals surface area contributed by atoms with Crippen LogP contribution in [-0.2, 0) is 20.7 Å². The van der Waals surface area contributed by atoms with E-state index in [2.05, 4.69) is 0 Å². The smallest absolute Gasteiger partial charge is 0.419 e. The number of hydrogen-bond donors (Lipinski definition) is 0. The van der Waals surface area contributed by atoms with Gasteiger partial charge >= 0.3 is 18.2 Å². The van der Waals surface area contributed by atoms with E-state index in [1.807, 2.05) is 0 Å². The number of para-hydroxylation sites is 1. The first-order valence-corrected chi connectivity index (χ1v) is 8.69. The van der Waals surface area contributed by atoms with Crippen LogP contribution in [0.2, 0.25) is 0 Å². The minimum absolute atomic E-state index is 0.0368. The molecule has 0 fully saturated rings. The number of ether oxygens (including phenoxy) is 2. The second-order valence-corrected chi connectivity index (χ2v) is 7.15. The van der Waals surface area contributed by atoms with Crippen LogP contribution in [0.4, 0.5) is 18.0 Å². The molecule has 0 radical (unpaired) electrons. The highest BCUT2D eigenvalue weighted by atomic mass is 19.4. The van der Waals surface area contributed by atoms with Crippen molar-refractivity contribution in [3.63, 3.8) is 0 Å². The van der Waals surface area contributed by atoms with Crippen LogP contribution in [0.5, 0.6) is 0 Å². The van der Waals surface area contributed by atoms with E-state index >= 15 is 0 Å². The van der Waals surface area contributed by atoms with Gasteiger partial charge in [0.2, 0.25) is 0 Å². The minimum Gasteiger partial charge on any atom is -0.465 e. The quantitative estimate of drug-likeness (QED) is 0.404. The van der Waals surface area contributed by atoms with Crippen molar-refractivity contribution in [2.45, 2.75) is 45.4 Å². The maximum atomic E-state index is 12.4. The monoisotopic (exact) mass is 397 g/mol. The Bertz CT molecular complexity index is 876. The zero-order chi connectivity index (χ0) is 20.9. The number of fused-ring (bicyclic) bond motifs is 1. The van der Waals surface area contributed by atoms with E-state index in [1.54, 1.807) is 45.0 Å². The number of benzene rings is 1. The molecule has 2 rings (SSSR count). The fourth-order valence-corrected chi connectivity index (χ4v) is 2.52. The molecule has 8 heteroatoms. The van der Waals surface area contributed by atoms with Gasteiger partial charge in [-0.2, -0.15) is 13.2 Å². The number of hydrogen-bond acceptors (Lipinski definition) is 4. The zero-order valence-corrected chi connectivity index (χ0v) is 15.9. The first-order valence-electron chi connectivity index (χ1n) is 8.69. The zero-order valence-electron chi connectivity index (χ0n) is 15.9. The van der Waals surface area contributed by atoms with Crippen molar-refractivity contribution >= 4 is 23.0 Å². The summed E-state index contributed by atoms with van der Waals surface area (Å²) in [6, 6.07) is 7.04. The van der Waals surface area contributed by atoms with E-state index in [4.69, 9.17) is 9.47 Å². The van der Waals surface area contributed by atoms with Crippen LogP contribution >= 0.6 is 0 Å². The van der Waals surface area contributed by atoms with Gasteiger partial charge in [0.05, 0.1) is 18.5 Å². The summed E-state index contributed by atoms with van der Waals surface area (Å²) in [5.74, 6) is -0.590. The van der Waals surface area contributed by atoms with Crippen LogP contribution in [0.15, 0.2) is 42.6 Å². The van der Waals surface area contributed by atoms with Crippen molar-refractivity contribution in [3.8, 4) is 0 Å². The molecule has 0 saturated carbocycles. The average molecular weight is 397 g/mol. The lowest BCUT2D eigenvalue weighted by atomic mass is 10.1. The van der Waals surface area contributed by atoms with Gasteiger partial charge < -0.3 is 9.47 Å². The van der Waals surface area contributed by atoms with Crippen LogP contribution in [0.1, 0.15) is 32.8 Å². The number of carbonyl (C=O) groups excluding carboxylic acids is 2. The average Bonchev–Trinajstić information content (AvgIpc) is 2.91. The number of rotatable bonds is 5. The maximum Gasteiger partial charge on any atom is 0.419 e. The summed E-state index contributed by atoms with van der Waals surface area (Å²) in [5, 5.41) is 0.697. The number of halogens is 3. The first kappa shape index (κ1) is 21.5. The molecule has 1 heterocycles. The molecular formula is C20H22F3NO4. The summed E-state index contributed by atoms with van der Waals surface area (Å²) in [6.07, 6.45) is -2.57. The normalized spacial score (nSPS) is 12.5. The molecule has 5 nitrogen and oxygen atoms in total. The van der Waals surface area contributed by atoms with Crippen LogP contribution in [-0.4, -0.2) is 35.0 Å². The number of esters is 1. The molecule has 0 amide bonds. The standard InChI is InChI=1S/C20H22F3NO4/c1-19(2,3)28-18(26)24-13-14(15-8-4-5-9-16(15)24)12-17(25)27-11-7-6-10-20(21,22)23/h4-6,8-10,13H,7,11-12H2,1-3H3/b10-6-. The van der Waals surface area contributed by atoms with Crippen LogP contribution in [0, 0.1) is 0 Å². The van der Waals surface area contributed by atoms with Gasteiger partial charge in [-0.1, -0.05) is 24.3 Å². The van der Waals surface area contributed by atoms with Crippen LogP contribution in [0.25, 0.3) is 10.9 Å². The molecule has 0 aliphatic carbocycles. The Morgan fingerprint density at radius 3 is 2.46 bits per heavy atom. The Hall–Kier alpha value is -2.77. The fourth-order valence-electron chi connectivity index (χ4n) is 2.52. The molecule has 1 aromatic carbocycles. The summed E-state index contributed by atoms with van der Waals surface area (Å²) in [7, 11) is 0. The van der Waals surface area contributed by atoms with Gasteiger partial charge in [-0.05, 0) is 38.8 Å². The highest BCUT2D eigenvalue weighted by Crippen LogP contribution is 2.23. The maximum absolute atomic E-state index is 12.4. The van der Waals surface area contributed by atoms with E-state index in [0.717, 1.165) is 6.08 Å². The Labute approximate surface area is 160 Å². The van der Waals surface area contributed by atoms with E-state index < -0.39 is 23.8 Å². The van der Waals surface area contributed by atoms with Crippen molar-refractivity contribution < 1.29 is 32.2 Å². The van der Waals surface area contributed by atoms with Crippen molar-refractivity contribution in [3.05, 3.63) is 48.2 Å². The number of nitrogens with zero attached hydrogens (tertiary/aromatic N) is 1. The third-order valence-corrected chi connectivity index (χ3v) is 3.57. The molecule has 0 N–H and O–H groups in total. The summed E-state index contributed by atoms with van der Waals surface area (Å²) in [5.41, 5.74) is 0.482. The van der Waals surface area contributed by atoms with Crippen LogP contribution in [0.3, 0.4) is 0 Å². The molecule has 0 unspecified atom stereocenters. The topological polar surface area (TPSA) is 57.5 Å². The molecule has 0 spiro atoms. The van der Waals surface area contributed by atoms with Crippen molar-refractivity contribution in [1.82, 2.24) is 4.57 Å². The van der Waals surface area contributed by atoms with Gasteiger partial charge in [0.1, 0.15) is 5.60 Å². The van der Waals surface area contributed by atoms with Gasteiger partial charge in [-0.3, -0.25) is 9.36 Å². The fraction of sp³-hybridized carbons (Fsp3) is 0.400. The van der Waals surface area contributed by atoms with Gasteiger partial charge in [0.25, 0.3) is 0 Å². The number of aromatic nitrogens is 1. The van der Waals surface area contributed by atoms with E-state index in [0.29, 0.717) is 16.5 Å². The molecule has 2 aromatic rings. The van der Waals surface area contributed by atoms with Gasteiger partial charge in [-0.25, -0.2) is 4.79 Å². The molecule has 1 aromatic heterocycles. The SMILES string of the molecule is CC(C)(C)OC(=O)n1cc(CC(=O)OCC/C=C\C(F)(F)F)c2ccccc21. The summed E-state index contributed by atoms with van der Waals surface area (Å²) in [4.78, 5) is 24.5. The lowest BCUT2D eigenvalue weighted by Gasteiger charge is -2.19. The van der Waals surface area contributed by atoms with E-state index in [1.165, 1.54) is 10.8 Å². The highest BCUT2D eigenvalue weighted by Gasteiger charge is 2.22.